The predicted octanol–water partition coefficient (Wildman–Crippen LogP) is 1.81. The highest BCUT2D eigenvalue weighted by atomic mass is 19.3. The minimum absolute atomic E-state index is 0.0589. The fourth-order valence-electron chi connectivity index (χ4n) is 2.52. The Morgan fingerprint density at radius 1 is 1.56 bits per heavy atom. The van der Waals surface area contributed by atoms with E-state index in [1.54, 1.807) is 4.90 Å². The van der Waals surface area contributed by atoms with Crippen molar-refractivity contribution in [2.45, 2.75) is 24.9 Å². The number of carbonyl (C=O) groups excluding carboxylic acids is 1. The van der Waals surface area contributed by atoms with Gasteiger partial charge in [-0.3, -0.25) is 4.79 Å². The van der Waals surface area contributed by atoms with Gasteiger partial charge in [-0.05, 0) is 25.0 Å². The molecule has 2 atom stereocenters. The number of hydrogen-bond acceptors (Lipinski definition) is 3. The first-order chi connectivity index (χ1) is 8.49. The van der Waals surface area contributed by atoms with E-state index >= 15 is 0 Å². The smallest absolute Gasteiger partial charge is 0.295 e. The monoisotopic (exact) mass is 257 g/mol. The van der Waals surface area contributed by atoms with Crippen molar-refractivity contribution >= 4 is 5.91 Å². The lowest BCUT2D eigenvalue weighted by atomic mass is 10.1. The Hall–Kier alpha value is -1.43. The van der Waals surface area contributed by atoms with Crippen molar-refractivity contribution in [3.8, 4) is 0 Å². The van der Waals surface area contributed by atoms with Gasteiger partial charge in [-0.1, -0.05) is 0 Å². The molecule has 1 amide bonds. The number of furan rings is 1. The van der Waals surface area contributed by atoms with Gasteiger partial charge in [0.15, 0.2) is 11.5 Å². The number of carbonyl (C=O) groups is 1. The summed E-state index contributed by atoms with van der Waals surface area (Å²) in [6.45, 7) is 0.913. The molecule has 98 valence electrons. The summed E-state index contributed by atoms with van der Waals surface area (Å²) in [6.07, 6.45) is -1.44. The Morgan fingerprint density at radius 3 is 2.94 bits per heavy atom. The lowest BCUT2D eigenvalue weighted by Crippen LogP contribution is -2.41. The average molecular weight is 257 g/mol. The lowest BCUT2D eigenvalue weighted by Gasteiger charge is -2.28. The number of rotatable bonds is 2. The van der Waals surface area contributed by atoms with Crippen molar-refractivity contribution in [2.75, 3.05) is 13.1 Å². The molecule has 6 heteroatoms. The Bertz CT molecular complexity index is 487. The van der Waals surface area contributed by atoms with Crippen molar-refractivity contribution < 1.29 is 23.1 Å². The number of hydrogen-bond donors (Lipinski definition) is 1. The average Bonchev–Trinajstić information content (AvgIpc) is 2.78. The van der Waals surface area contributed by atoms with E-state index in [0.29, 0.717) is 19.5 Å². The number of piperidine rings is 1. The van der Waals surface area contributed by atoms with Gasteiger partial charge in [-0.2, -0.15) is 0 Å². The second-order valence-corrected chi connectivity index (χ2v) is 5.01. The highest BCUT2D eigenvalue weighted by Gasteiger charge is 2.56. The molecule has 1 saturated carbocycles. The van der Waals surface area contributed by atoms with Crippen LogP contribution in [0.3, 0.4) is 0 Å². The zero-order valence-electron chi connectivity index (χ0n) is 9.60. The molecule has 2 fully saturated rings. The first-order valence-corrected chi connectivity index (χ1v) is 5.89. The summed E-state index contributed by atoms with van der Waals surface area (Å²) in [6, 6.07) is 2.40. The third kappa shape index (κ3) is 1.80. The van der Waals surface area contributed by atoms with Crippen LogP contribution < -0.4 is 0 Å². The second kappa shape index (κ2) is 3.78. The first-order valence-electron chi connectivity index (χ1n) is 5.89. The van der Waals surface area contributed by atoms with Gasteiger partial charge in [-0.15, -0.1) is 0 Å². The van der Waals surface area contributed by atoms with Gasteiger partial charge in [0, 0.05) is 19.0 Å². The Morgan fingerprint density at radius 2 is 2.33 bits per heavy atom. The van der Waals surface area contributed by atoms with Crippen molar-refractivity contribution in [3.63, 3.8) is 0 Å². The highest BCUT2D eigenvalue weighted by molar-refractivity contribution is 5.91. The Balaban J connectivity index is 1.70. The highest BCUT2D eigenvalue weighted by Crippen LogP contribution is 2.49. The summed E-state index contributed by atoms with van der Waals surface area (Å²) < 4.78 is 29.5. The number of fused-ring (bicyclic) bond motifs is 1. The van der Waals surface area contributed by atoms with Crippen LogP contribution in [0.15, 0.2) is 16.5 Å². The van der Waals surface area contributed by atoms with E-state index in [2.05, 4.69) is 0 Å². The van der Waals surface area contributed by atoms with E-state index in [0.717, 1.165) is 12.5 Å². The van der Waals surface area contributed by atoms with Gasteiger partial charge in [0.1, 0.15) is 0 Å². The van der Waals surface area contributed by atoms with Crippen LogP contribution in [0.2, 0.25) is 0 Å². The van der Waals surface area contributed by atoms with Crippen molar-refractivity contribution in [1.29, 1.82) is 0 Å². The molecule has 2 heterocycles. The zero-order chi connectivity index (χ0) is 12.9. The maximum Gasteiger partial charge on any atom is 0.295 e. The van der Waals surface area contributed by atoms with Crippen LogP contribution in [0.4, 0.5) is 8.78 Å². The molecule has 18 heavy (non-hydrogen) atoms. The molecule has 0 aromatic carbocycles. The molecule has 0 bridgehead atoms. The first kappa shape index (κ1) is 11.6. The van der Waals surface area contributed by atoms with Crippen molar-refractivity contribution in [2.24, 2.45) is 5.92 Å². The molecular weight excluding hydrogens is 244 g/mol. The molecule has 1 aromatic heterocycles. The van der Waals surface area contributed by atoms with Crippen LogP contribution in [0.25, 0.3) is 0 Å². The number of aliphatic hydroxyl groups is 1. The summed E-state index contributed by atoms with van der Waals surface area (Å²) in [5, 5.41) is 9.83. The van der Waals surface area contributed by atoms with Crippen LogP contribution in [0, 0.1) is 5.92 Å². The van der Waals surface area contributed by atoms with Crippen molar-refractivity contribution in [1.82, 2.24) is 4.90 Å². The quantitative estimate of drug-likeness (QED) is 0.879. The van der Waals surface area contributed by atoms with Crippen LogP contribution in [-0.2, 0) is 0 Å². The number of amides is 1. The predicted molar refractivity (Wildman–Crippen MR) is 57.2 cm³/mol. The second-order valence-electron chi connectivity index (χ2n) is 5.01. The molecule has 0 spiro atoms. The van der Waals surface area contributed by atoms with E-state index in [4.69, 9.17) is 4.42 Å². The summed E-state index contributed by atoms with van der Waals surface area (Å²) in [5.41, 5.74) is -0.589. The molecule has 1 aliphatic heterocycles. The van der Waals surface area contributed by atoms with E-state index < -0.39 is 17.8 Å². The van der Waals surface area contributed by atoms with Crippen molar-refractivity contribution in [3.05, 3.63) is 23.7 Å². The topological polar surface area (TPSA) is 53.7 Å². The molecule has 3 rings (SSSR count). The van der Waals surface area contributed by atoms with Crippen LogP contribution >= 0.6 is 0 Å². The van der Waals surface area contributed by atoms with Gasteiger partial charge >= 0.3 is 0 Å². The lowest BCUT2D eigenvalue weighted by molar-refractivity contribution is 0.0451. The molecule has 1 aromatic rings. The molecule has 1 aliphatic carbocycles. The minimum Gasteiger partial charge on any atom is -0.450 e. The summed E-state index contributed by atoms with van der Waals surface area (Å²) >= 11 is 0. The summed E-state index contributed by atoms with van der Waals surface area (Å²) in [5.74, 6) is -0.801. The number of likely N-dealkylation sites (tertiary alicyclic amines) is 1. The van der Waals surface area contributed by atoms with Gasteiger partial charge in [0.05, 0.1) is 5.60 Å². The van der Waals surface area contributed by atoms with Gasteiger partial charge in [0.25, 0.3) is 12.3 Å². The number of alkyl halides is 2. The SMILES string of the molecule is O=C(c1ccc(C(F)F)o1)N1CC[C@@]2(O)C[C@H]2C1. The van der Waals surface area contributed by atoms with Crippen LogP contribution in [0.1, 0.15) is 35.6 Å². The standard InChI is InChI=1S/C12H13F2NO3/c13-10(14)8-1-2-9(18-8)11(16)15-4-3-12(17)5-7(12)6-15/h1-2,7,10,17H,3-6H2/t7-,12+/m0/s1. The third-order valence-corrected chi connectivity index (χ3v) is 3.79. The number of nitrogens with zero attached hydrogens (tertiary/aromatic N) is 1. The van der Waals surface area contributed by atoms with E-state index in [9.17, 15) is 18.7 Å². The molecule has 1 saturated heterocycles. The fourth-order valence-corrected chi connectivity index (χ4v) is 2.52. The van der Waals surface area contributed by atoms with E-state index in [1.165, 1.54) is 6.07 Å². The summed E-state index contributed by atoms with van der Waals surface area (Å²) in [4.78, 5) is 13.6. The molecule has 4 nitrogen and oxygen atoms in total. The fraction of sp³-hybridized carbons (Fsp3) is 0.583. The maximum atomic E-state index is 12.4. The molecular formula is C12H13F2NO3. The van der Waals surface area contributed by atoms with Crippen LogP contribution in [0.5, 0.6) is 0 Å². The Kier molecular flexibility index (Phi) is 2.45. The molecule has 0 radical (unpaired) electrons. The Labute approximate surface area is 102 Å². The maximum absolute atomic E-state index is 12.4. The zero-order valence-corrected chi connectivity index (χ0v) is 9.60. The molecule has 1 N–H and O–H groups in total. The van der Waals surface area contributed by atoms with E-state index in [1.807, 2.05) is 0 Å². The minimum atomic E-state index is -2.71. The van der Waals surface area contributed by atoms with Crippen LogP contribution in [-0.4, -0.2) is 34.6 Å². The van der Waals surface area contributed by atoms with E-state index in [-0.39, 0.29) is 17.6 Å². The summed E-state index contributed by atoms with van der Waals surface area (Å²) in [7, 11) is 0. The molecule has 2 aliphatic rings. The third-order valence-electron chi connectivity index (χ3n) is 3.79. The largest absolute Gasteiger partial charge is 0.450 e. The molecule has 0 unspecified atom stereocenters. The van der Waals surface area contributed by atoms with Gasteiger partial charge < -0.3 is 14.4 Å². The normalized spacial score (nSPS) is 30.4. The number of halogens is 2. The van der Waals surface area contributed by atoms with Gasteiger partial charge in [-0.25, -0.2) is 8.78 Å². The van der Waals surface area contributed by atoms with Gasteiger partial charge in [0.2, 0.25) is 0 Å².